The van der Waals surface area contributed by atoms with E-state index in [-0.39, 0.29) is 36.3 Å². The molecule has 15 heteroatoms. The number of carboxylic acids is 1. The second kappa shape index (κ2) is 49.8. The molecular weight excluding hydrogens is 971 g/mol. The van der Waals surface area contributed by atoms with Crippen LogP contribution >= 0.6 is 11.8 Å². The molecule has 4 unspecified atom stereocenters. The van der Waals surface area contributed by atoms with Gasteiger partial charge in [-0.15, -0.1) is 0 Å². The van der Waals surface area contributed by atoms with Gasteiger partial charge in [0.1, 0.15) is 6.04 Å². The highest BCUT2D eigenvalue weighted by molar-refractivity contribution is 7.99. The maximum absolute atomic E-state index is 15.6. The molecule has 0 radical (unpaired) electrons. The van der Waals surface area contributed by atoms with Crippen molar-refractivity contribution in [1.29, 1.82) is 0 Å². The normalized spacial score (nSPS) is 13.5. The van der Waals surface area contributed by atoms with E-state index in [0.717, 1.165) is 95.2 Å². The number of hydrogen-bond acceptors (Lipinski definition) is 12. The average molecular weight is 1080 g/mol. The summed E-state index contributed by atoms with van der Waals surface area (Å²) in [6, 6.07) is -4.13. The lowest BCUT2D eigenvalue weighted by molar-refractivity contribution is -0.173. The zero-order valence-electron chi connectivity index (χ0n) is 48.0. The highest BCUT2D eigenvalue weighted by Gasteiger charge is 2.58. The second-order valence-electron chi connectivity index (χ2n) is 21.6. The van der Waals surface area contributed by atoms with Crippen LogP contribution in [0.5, 0.6) is 0 Å². The number of nitrogens with two attached hydrogens (primary N) is 1. The van der Waals surface area contributed by atoms with Gasteiger partial charge in [0, 0.05) is 30.8 Å². The minimum absolute atomic E-state index is 0.151. The molecule has 0 rings (SSSR count). The summed E-state index contributed by atoms with van der Waals surface area (Å²) in [6.07, 6.45) is 38.7. The van der Waals surface area contributed by atoms with E-state index in [1.807, 2.05) is 0 Å². The van der Waals surface area contributed by atoms with Gasteiger partial charge in [0.05, 0.1) is 25.9 Å². The van der Waals surface area contributed by atoms with E-state index in [9.17, 15) is 44.7 Å². The zero-order valence-corrected chi connectivity index (χ0v) is 48.8. The number of aliphatic hydroxyl groups excluding tert-OH is 4. The monoisotopic (exact) mass is 1080 g/mol. The quantitative estimate of drug-likeness (QED) is 0.0246. The van der Waals surface area contributed by atoms with Gasteiger partial charge in [-0.25, -0.2) is 4.79 Å². The highest BCUT2D eigenvalue weighted by Crippen LogP contribution is 2.33. The van der Waals surface area contributed by atoms with Crippen LogP contribution in [-0.2, 0) is 28.8 Å². The first kappa shape index (κ1) is 72.6. The van der Waals surface area contributed by atoms with Gasteiger partial charge in [-0.05, 0) is 19.3 Å². The molecule has 0 saturated heterocycles. The number of carbonyl (C=O) groups is 6. The van der Waals surface area contributed by atoms with E-state index in [1.165, 1.54) is 128 Å². The van der Waals surface area contributed by atoms with Crippen LogP contribution in [0, 0.1) is 0 Å². The molecule has 4 atom stereocenters. The highest BCUT2D eigenvalue weighted by atomic mass is 32.2. The van der Waals surface area contributed by atoms with Crippen molar-refractivity contribution in [2.45, 2.75) is 314 Å². The van der Waals surface area contributed by atoms with Crippen molar-refractivity contribution in [3.8, 4) is 0 Å². The molecule has 0 aromatic carbocycles. The molecule has 0 aromatic heterocycles. The molecule has 440 valence electrons. The predicted octanol–water partition coefficient (Wildman–Crippen LogP) is 12.3. The molecule has 0 aliphatic carbocycles. The summed E-state index contributed by atoms with van der Waals surface area (Å²) in [5.41, 5.74) is 3.17. The van der Waals surface area contributed by atoms with E-state index < -0.39 is 84.7 Å². The number of thioether (sulfide) groups is 1. The molecule has 0 bridgehead atoms. The summed E-state index contributed by atoms with van der Waals surface area (Å²) >= 11 is 0.814. The fourth-order valence-corrected chi connectivity index (χ4v) is 11.2. The minimum atomic E-state index is -2.80. The Morgan fingerprint density at radius 1 is 0.453 bits per heavy atom. The van der Waals surface area contributed by atoms with E-state index in [1.54, 1.807) is 0 Å². The van der Waals surface area contributed by atoms with Gasteiger partial charge in [-0.1, -0.05) is 252 Å². The average Bonchev–Trinajstić information content (AvgIpc) is 3.40. The number of carboxylic acid groups (broad SMARTS) is 1. The van der Waals surface area contributed by atoms with Crippen LogP contribution in [-0.4, -0.2) is 126 Å². The van der Waals surface area contributed by atoms with Gasteiger partial charge in [-0.3, -0.25) is 33.8 Å². The smallest absolute Gasteiger partial charge is 0.329 e. The van der Waals surface area contributed by atoms with Crippen molar-refractivity contribution in [1.82, 2.24) is 9.80 Å². The number of unbranched alkanes of at least 4 members (excludes halogenated alkanes) is 36. The predicted molar refractivity (Wildman–Crippen MR) is 306 cm³/mol. The summed E-state index contributed by atoms with van der Waals surface area (Å²) in [5, 5.41) is 51.0. The molecular formula is C60H113N3O11S. The lowest BCUT2D eigenvalue weighted by Crippen LogP contribution is -2.72. The van der Waals surface area contributed by atoms with Crippen molar-refractivity contribution >= 4 is 47.1 Å². The number of hydrogen-bond donors (Lipinski definition) is 6. The summed E-state index contributed by atoms with van der Waals surface area (Å²) in [6.45, 7) is 3.67. The molecule has 0 aliphatic heterocycles. The van der Waals surface area contributed by atoms with Crippen LogP contribution in [0.25, 0.3) is 0 Å². The fraction of sp³-hybridized carbons (Fsp3) is 0.900. The Morgan fingerprint density at radius 2 is 0.760 bits per heavy atom. The van der Waals surface area contributed by atoms with Crippen LogP contribution in [0.4, 0.5) is 0 Å². The largest absolute Gasteiger partial charge is 0.480 e. The SMILES string of the molecule is CCCCCCCCCCCCCCCC(=O)N(C(=O)CCCCCCCCCCCCCCC)C(CSCC(O)CO)(C(=O)CCCCCCCCCCCCCCC)C(=O)N(C(=O)C(N)CO)C(CO)C(=O)O. The topological polar surface area (TPSA) is 236 Å². The number of nitrogens with zero attached hydrogens (tertiary/aromatic N) is 2. The first-order valence-corrected chi connectivity index (χ1v) is 31.8. The number of Topliss-reactive ketones (excluding diaryl/α,β-unsaturated/α-hetero) is 1. The van der Waals surface area contributed by atoms with Crippen molar-refractivity contribution in [2.24, 2.45) is 5.73 Å². The van der Waals surface area contributed by atoms with Gasteiger partial charge < -0.3 is 31.3 Å². The van der Waals surface area contributed by atoms with Gasteiger partial charge in [0.2, 0.25) is 17.7 Å². The molecule has 0 aliphatic rings. The van der Waals surface area contributed by atoms with Crippen LogP contribution in [0.15, 0.2) is 0 Å². The van der Waals surface area contributed by atoms with Crippen molar-refractivity contribution < 1.29 is 54.3 Å². The van der Waals surface area contributed by atoms with Crippen LogP contribution in [0.2, 0.25) is 0 Å². The Labute approximate surface area is 460 Å². The first-order valence-electron chi connectivity index (χ1n) is 30.7. The molecule has 0 aromatic rings. The van der Waals surface area contributed by atoms with Crippen molar-refractivity contribution in [2.75, 3.05) is 31.3 Å². The Kier molecular flexibility index (Phi) is 48.2. The Bertz CT molecular complexity index is 1410. The number of amides is 4. The van der Waals surface area contributed by atoms with Gasteiger partial charge in [0.15, 0.2) is 17.4 Å². The molecule has 7 N–H and O–H groups in total. The van der Waals surface area contributed by atoms with E-state index >= 15 is 9.59 Å². The van der Waals surface area contributed by atoms with Crippen LogP contribution < -0.4 is 5.73 Å². The molecule has 0 saturated carbocycles. The Morgan fingerprint density at radius 3 is 1.04 bits per heavy atom. The summed E-state index contributed by atoms with van der Waals surface area (Å²) in [7, 11) is 0. The van der Waals surface area contributed by atoms with E-state index in [2.05, 4.69) is 20.8 Å². The third kappa shape index (κ3) is 33.6. The maximum Gasteiger partial charge on any atom is 0.329 e. The van der Waals surface area contributed by atoms with Gasteiger partial charge >= 0.3 is 5.97 Å². The lowest BCUT2D eigenvalue weighted by atomic mass is 9.86. The summed E-state index contributed by atoms with van der Waals surface area (Å²) < 4.78 is 0. The van der Waals surface area contributed by atoms with Crippen molar-refractivity contribution in [3.05, 3.63) is 0 Å². The second-order valence-corrected chi connectivity index (χ2v) is 22.6. The number of imide groups is 2. The molecule has 0 fully saturated rings. The number of aliphatic hydroxyl groups is 4. The lowest BCUT2D eigenvalue weighted by Gasteiger charge is -2.43. The maximum atomic E-state index is 15.6. The number of ketones is 1. The number of rotatable bonds is 55. The standard InChI is InChI=1S/C60H113N3O11S/c1-4-7-10-13-16-19-22-25-28-31-34-37-40-43-54(68)60(50-75-49-51(67)46-64,59(74)62(53(48-66)58(72)73)57(71)52(61)47-65)63(55(69)44-41-38-35-32-29-26-23-20-17-14-11-8-5-2)56(70)45-42-39-36-33-30-27-24-21-18-15-12-9-6-3/h51-53,64-67H,4-50,61H2,1-3H3,(H,72,73). The molecule has 4 amide bonds. The van der Waals surface area contributed by atoms with Crippen molar-refractivity contribution in [3.63, 3.8) is 0 Å². The Hall–Kier alpha value is -2.43. The number of aliphatic carboxylic acids is 1. The van der Waals surface area contributed by atoms with Crippen LogP contribution in [0.1, 0.15) is 290 Å². The van der Waals surface area contributed by atoms with E-state index in [4.69, 9.17) is 5.73 Å². The molecule has 14 nitrogen and oxygen atoms in total. The van der Waals surface area contributed by atoms with E-state index in [0.29, 0.717) is 37.0 Å². The molecule has 0 heterocycles. The van der Waals surface area contributed by atoms with Crippen LogP contribution in [0.3, 0.4) is 0 Å². The summed E-state index contributed by atoms with van der Waals surface area (Å²) in [4.78, 5) is 88.4. The third-order valence-corrected chi connectivity index (χ3v) is 16.0. The fourth-order valence-electron chi connectivity index (χ4n) is 9.95. The minimum Gasteiger partial charge on any atom is -0.480 e. The molecule has 0 spiro atoms. The Balaban J connectivity index is 6.87. The number of carbonyl (C=O) groups excluding carboxylic acids is 5. The molecule has 75 heavy (non-hydrogen) atoms. The third-order valence-electron chi connectivity index (χ3n) is 14.8. The zero-order chi connectivity index (χ0) is 55.8. The van der Waals surface area contributed by atoms with Gasteiger partial charge in [-0.2, -0.15) is 11.8 Å². The summed E-state index contributed by atoms with van der Waals surface area (Å²) in [5.74, 6) is -8.14. The van der Waals surface area contributed by atoms with Gasteiger partial charge in [0.25, 0.3) is 5.91 Å². The first-order chi connectivity index (χ1) is 36.3.